The minimum Gasteiger partial charge on any atom is -0.693 e. The van der Waals surface area contributed by atoms with Gasteiger partial charge in [0, 0.05) is 37.4 Å². The number of rotatable bonds is 19. The minimum atomic E-state index is -1.41. The van der Waals surface area contributed by atoms with Crippen LogP contribution >= 0.6 is 0 Å². The van der Waals surface area contributed by atoms with Crippen LogP contribution in [0.1, 0.15) is 291 Å². The number of nitrogens with one attached hydrogen (secondary N) is 2. The first-order chi connectivity index (χ1) is 36.8. The summed E-state index contributed by atoms with van der Waals surface area (Å²) in [6.45, 7) is 81.1. The Morgan fingerprint density at radius 1 is 0.462 bits per heavy atom. The van der Waals surface area contributed by atoms with Crippen LogP contribution in [0.5, 0.6) is 0 Å². The molecule has 0 spiro atoms. The first kappa shape index (κ1) is 128. The molecule has 0 amide bonds. The summed E-state index contributed by atoms with van der Waals surface area (Å²) in [5.74, 6) is -2.13. The summed E-state index contributed by atoms with van der Waals surface area (Å²) in [6, 6.07) is 0. The number of nitrogens with zero attached hydrogens (tertiary/aromatic N) is 3. The van der Waals surface area contributed by atoms with Crippen LogP contribution in [0.15, 0.2) is 12.7 Å². The first-order valence-corrected chi connectivity index (χ1v) is 31.6. The molecule has 93 heavy (non-hydrogen) atoms. The van der Waals surface area contributed by atoms with Crippen LogP contribution in [0.25, 0.3) is 34.0 Å². The van der Waals surface area contributed by atoms with E-state index in [4.69, 9.17) is 15.2 Å². The molecule has 0 heterocycles. The number of nitrogens with two attached hydrogens (primary N) is 2. The number of aliphatic carboxylic acids is 2. The number of carboxylic acids is 2. The molecule has 0 aliphatic heterocycles. The van der Waals surface area contributed by atoms with E-state index >= 15 is 0 Å². The molecule has 2 rings (SSSR count). The van der Waals surface area contributed by atoms with Crippen molar-refractivity contribution in [2.75, 3.05) is 58.9 Å². The minimum absolute atomic E-state index is 0. The Hall–Kier alpha value is 2.25. The zero-order valence-corrected chi connectivity index (χ0v) is 74.0. The van der Waals surface area contributed by atoms with Gasteiger partial charge in [-0.1, -0.05) is 298 Å². The third kappa shape index (κ3) is 67.2. The molecule has 2 fully saturated rings. The molecule has 0 aromatic heterocycles. The Kier molecular flexibility index (Phi) is 79.4. The Morgan fingerprint density at radius 3 is 0.849 bits per heavy atom. The van der Waals surface area contributed by atoms with Crippen molar-refractivity contribution in [1.29, 1.82) is 0 Å². The molecule has 2 aliphatic carbocycles. The van der Waals surface area contributed by atoms with Crippen molar-refractivity contribution in [3.63, 3.8) is 0 Å². The summed E-state index contributed by atoms with van der Waals surface area (Å²) in [5.41, 5.74) is 7.20. The Labute approximate surface area is 710 Å². The van der Waals surface area contributed by atoms with E-state index in [1.165, 1.54) is 0 Å². The third-order valence-electron chi connectivity index (χ3n) is 13.5. The Bertz CT molecular complexity index is 1660. The zero-order valence-electron chi connectivity index (χ0n) is 64.6. The molecule has 0 aromatic carbocycles. The van der Waals surface area contributed by atoms with Gasteiger partial charge in [-0.2, -0.15) is 0 Å². The molecule has 6 atom stereocenters. The number of ether oxygens (including phenoxy) is 2. The van der Waals surface area contributed by atoms with Crippen LogP contribution in [0, 0.1) is 90.7 Å². The van der Waals surface area contributed by atoms with Gasteiger partial charge in [-0.25, -0.2) is 14.4 Å². The van der Waals surface area contributed by atoms with Crippen molar-refractivity contribution in [2.45, 2.75) is 302 Å². The first-order valence-electron chi connectivity index (χ1n) is 31.6. The molecule has 552 valence electrons. The van der Waals surface area contributed by atoms with Crippen LogP contribution in [-0.2, 0) is 28.7 Å². The Morgan fingerprint density at radius 2 is 0.688 bits per heavy atom. The van der Waals surface area contributed by atoms with E-state index < -0.39 is 35.1 Å². The van der Waals surface area contributed by atoms with E-state index in [1.54, 1.807) is 0 Å². The fraction of sp³-hybridized carbons (Fsp3) is 0.920. The van der Waals surface area contributed by atoms with Crippen molar-refractivity contribution >= 4 is 23.9 Å². The number of hydrogen-bond donors (Lipinski definition) is 3. The van der Waals surface area contributed by atoms with E-state index in [9.17, 15) is 29.4 Å². The summed E-state index contributed by atoms with van der Waals surface area (Å²) in [5, 5.41) is 36.3. The number of esters is 2. The monoisotopic (exact) mass is 1410 g/mol. The summed E-state index contributed by atoms with van der Waals surface area (Å²) in [4.78, 5) is 46.8. The van der Waals surface area contributed by atoms with Crippen molar-refractivity contribution in [1.82, 2.24) is 5.32 Å². The summed E-state index contributed by atoms with van der Waals surface area (Å²) >= 11 is 0. The second kappa shape index (κ2) is 57.6. The zero-order chi connectivity index (χ0) is 66.8. The van der Waals surface area contributed by atoms with Gasteiger partial charge in [-0.3, -0.25) is 4.79 Å². The number of carbonyl (C=O) groups excluding carboxylic acids is 2. The predicted molar refractivity (Wildman–Crippen MR) is 401 cm³/mol. The second-order valence-electron chi connectivity index (χ2n) is 35.1. The largest absolute Gasteiger partial charge is 1.00 e. The average Bonchev–Trinajstić information content (AvgIpc) is 3.83. The second-order valence-corrected chi connectivity index (χ2v) is 35.1. The van der Waals surface area contributed by atoms with Crippen LogP contribution in [0.2, 0.25) is 0 Å². The van der Waals surface area contributed by atoms with E-state index in [1.807, 2.05) is 27.7 Å². The fourth-order valence-corrected chi connectivity index (χ4v) is 10.1. The van der Waals surface area contributed by atoms with Gasteiger partial charge in [0.15, 0.2) is 0 Å². The topological polar surface area (TPSA) is 272 Å². The molecule has 8 N–H and O–H groups in total. The van der Waals surface area contributed by atoms with Gasteiger partial charge in [0.25, 0.3) is 0 Å². The van der Waals surface area contributed by atoms with E-state index in [-0.39, 0.29) is 252 Å². The van der Waals surface area contributed by atoms with Gasteiger partial charge >= 0.3 is 178 Å². The molecule has 2 saturated carbocycles. The Balaban J connectivity index is -0.0000000671. The third-order valence-corrected chi connectivity index (χ3v) is 13.5. The quantitative estimate of drug-likeness (QED) is 0.0629. The molecular formula is C75H163K3N7O8-3. The molecular weight excluding hydrogens is 1240 g/mol. The van der Waals surface area contributed by atoms with Crippen LogP contribution in [0.4, 0.5) is 0 Å². The van der Waals surface area contributed by atoms with Crippen molar-refractivity contribution in [3.8, 4) is 0 Å². The van der Waals surface area contributed by atoms with Gasteiger partial charge in [0.05, 0.1) is 0 Å². The van der Waals surface area contributed by atoms with Gasteiger partial charge in [-0.05, 0) is 72.0 Å². The van der Waals surface area contributed by atoms with E-state index in [0.29, 0.717) is 68.0 Å². The van der Waals surface area contributed by atoms with Gasteiger partial charge in [-0.15, -0.1) is 45.8 Å². The molecule has 2 aliphatic rings. The maximum Gasteiger partial charge on any atom is 1.00 e. The normalized spacial score (nSPS) is 19.2. The molecule has 0 aromatic rings. The molecule has 18 heteroatoms. The number of carboxylic acid groups (broad SMARTS) is 2. The maximum atomic E-state index is 11.8. The van der Waals surface area contributed by atoms with E-state index in [2.05, 4.69) is 222 Å². The summed E-state index contributed by atoms with van der Waals surface area (Å²) in [7, 11) is 0. The van der Waals surface area contributed by atoms with Gasteiger partial charge < -0.3 is 59.0 Å². The van der Waals surface area contributed by atoms with Crippen molar-refractivity contribution in [2.24, 2.45) is 90.7 Å². The molecule has 0 bridgehead atoms. The molecule has 15 nitrogen and oxygen atoms in total. The smallest absolute Gasteiger partial charge is 0.693 e. The van der Waals surface area contributed by atoms with E-state index in [0.717, 1.165) is 71.3 Å². The SMILES string of the molecule is C.C.C.C.C.C=CC(=O)O[C@]1(C(=O)O)CCC(C(C)C)C1C(C)C.CC(C)(C)CNCC(C)(C)C.CC(C)(C)C[N-]CC(C)(C)C.CC(C)(C)C[N-]CC(C)(C)C.CC(C)(C)C[N-]CC(C)(C)C.CC(C)C1CC[C@](OC(=O)CC[NH-])(C(=O)O)C1C(C)C.[K+].[K+].[K+].[NH2-].[NH2-]. The predicted octanol–water partition coefficient (Wildman–Crippen LogP) is 14.7. The van der Waals surface area contributed by atoms with Gasteiger partial charge in [0.2, 0.25) is 11.2 Å². The average molecular weight is 1410 g/mol. The van der Waals surface area contributed by atoms with Gasteiger partial charge in [0.1, 0.15) is 0 Å². The van der Waals surface area contributed by atoms with Crippen molar-refractivity contribution in [3.05, 3.63) is 46.6 Å². The van der Waals surface area contributed by atoms with Crippen LogP contribution in [-0.4, -0.2) is 104 Å². The standard InChI is InChI=1S/C15H26NO4.C15H24O4.C10H23N.3C10H22N.5CH4.3K.2H2N/c1-9(2)11-5-7-15(14(18)19,13(11)10(3)4)20-12(17)6-8-16;1-6-12(16)19-15(14(17)18)8-7-11(9(2)3)13(15)10(4)5;4*1-9(2,3)7-11-8-10(4,5)6;;;;;;;;;;/h9-11,13,16H,5-8H2,1-4H3,(H,18,19);6,9-11,13H,1,7-8H2,2-5H3,(H,17,18);11H,7-8H2,1-6H3;3*7-8H2,1-6H3;5*1H4;;;;2*1H2/q-1;;;3*-1;;;;;;3*+1;2*-1/t2*11?,13?,15-;;;;;;;;;;;;;;/m11............../s1. The van der Waals surface area contributed by atoms with Crippen LogP contribution < -0.4 is 159 Å². The fourth-order valence-electron chi connectivity index (χ4n) is 10.1. The maximum absolute atomic E-state index is 11.8. The van der Waals surface area contributed by atoms with Crippen LogP contribution in [0.3, 0.4) is 0 Å². The van der Waals surface area contributed by atoms with Crippen molar-refractivity contribution < 1.29 is 193 Å². The molecule has 4 unspecified atom stereocenters. The number of hydrogen-bond acceptors (Lipinski definition) is 7. The number of carbonyl (C=O) groups is 4. The molecule has 0 saturated heterocycles. The summed E-state index contributed by atoms with van der Waals surface area (Å²) < 4.78 is 10.7. The molecule has 0 radical (unpaired) electrons. The summed E-state index contributed by atoms with van der Waals surface area (Å²) in [6.07, 6.45) is 3.28.